The number of amides is 1. The van der Waals surface area contributed by atoms with Gasteiger partial charge in [-0.05, 0) is 45.7 Å². The lowest BCUT2D eigenvalue weighted by atomic mass is 10.2. The van der Waals surface area contributed by atoms with Gasteiger partial charge in [-0.25, -0.2) is 13.8 Å². The van der Waals surface area contributed by atoms with Crippen LogP contribution < -0.4 is 15.0 Å². The number of rotatable bonds is 6. The summed E-state index contributed by atoms with van der Waals surface area (Å²) in [6.07, 6.45) is 3.98. The third kappa shape index (κ3) is 4.20. The first-order chi connectivity index (χ1) is 16.8. The number of carbonyl (C=O) groups is 1. The van der Waals surface area contributed by atoms with Crippen LogP contribution in [-0.2, 0) is 6.61 Å². The highest BCUT2D eigenvalue weighted by Gasteiger charge is 2.24. The summed E-state index contributed by atoms with van der Waals surface area (Å²) in [5.74, 6) is -1.36. The number of hydrogen-bond donors (Lipinski definition) is 2. The molecule has 1 aliphatic rings. The van der Waals surface area contributed by atoms with Crippen LogP contribution in [0.5, 0.6) is 5.75 Å². The lowest BCUT2D eigenvalue weighted by molar-refractivity contribution is 0.102. The van der Waals surface area contributed by atoms with Gasteiger partial charge in [0.25, 0.3) is 5.91 Å². The SMILES string of the molecule is Cc1n[nH]c(C)c1NC(=O)c1c(C)nc2c(OCc3c(F)cccc3F)cc(N3CCCC3)cn12. The lowest BCUT2D eigenvalue weighted by Gasteiger charge is -2.20. The summed E-state index contributed by atoms with van der Waals surface area (Å²) in [6, 6.07) is 5.52. The normalized spacial score (nSPS) is 13.6. The first kappa shape index (κ1) is 22.8. The van der Waals surface area contributed by atoms with Crippen LogP contribution in [0.1, 0.15) is 46.0 Å². The van der Waals surface area contributed by atoms with E-state index < -0.39 is 11.6 Å². The molecule has 35 heavy (non-hydrogen) atoms. The Bertz CT molecular complexity index is 1380. The smallest absolute Gasteiger partial charge is 0.274 e. The second kappa shape index (κ2) is 9.01. The van der Waals surface area contributed by atoms with Crippen molar-refractivity contribution in [2.45, 2.75) is 40.2 Å². The van der Waals surface area contributed by atoms with Crippen molar-refractivity contribution in [3.05, 3.63) is 70.4 Å². The highest BCUT2D eigenvalue weighted by Crippen LogP contribution is 2.32. The molecule has 0 unspecified atom stereocenters. The fourth-order valence-electron chi connectivity index (χ4n) is 4.47. The molecular formula is C25H26F2N6O2. The van der Waals surface area contributed by atoms with Crippen molar-refractivity contribution in [1.29, 1.82) is 0 Å². The van der Waals surface area contributed by atoms with Gasteiger partial charge in [0.05, 0.1) is 34.0 Å². The van der Waals surface area contributed by atoms with E-state index in [1.807, 2.05) is 19.2 Å². The van der Waals surface area contributed by atoms with Crippen molar-refractivity contribution in [2.24, 2.45) is 0 Å². The maximum absolute atomic E-state index is 14.2. The Hall–Kier alpha value is -3.95. The van der Waals surface area contributed by atoms with Crippen molar-refractivity contribution in [2.75, 3.05) is 23.3 Å². The third-order valence-corrected chi connectivity index (χ3v) is 6.33. The summed E-state index contributed by atoms with van der Waals surface area (Å²) < 4.78 is 36.0. The van der Waals surface area contributed by atoms with Gasteiger partial charge >= 0.3 is 0 Å². The Labute approximate surface area is 200 Å². The van der Waals surface area contributed by atoms with Crippen molar-refractivity contribution in [3.63, 3.8) is 0 Å². The van der Waals surface area contributed by atoms with Crippen molar-refractivity contribution >= 4 is 22.9 Å². The van der Waals surface area contributed by atoms with E-state index >= 15 is 0 Å². The number of benzene rings is 1. The number of carbonyl (C=O) groups excluding carboxylic acids is 1. The first-order valence-corrected chi connectivity index (χ1v) is 11.5. The number of aryl methyl sites for hydroxylation is 3. The molecule has 1 saturated heterocycles. The van der Waals surface area contributed by atoms with Crippen LogP contribution in [0.4, 0.5) is 20.2 Å². The molecule has 0 radical (unpaired) electrons. The second-order valence-corrected chi connectivity index (χ2v) is 8.75. The predicted octanol–water partition coefficient (Wildman–Crippen LogP) is 4.69. The van der Waals surface area contributed by atoms with Crippen LogP contribution in [0, 0.1) is 32.4 Å². The molecule has 0 bridgehead atoms. The van der Waals surface area contributed by atoms with Gasteiger partial charge < -0.3 is 15.0 Å². The largest absolute Gasteiger partial charge is 0.485 e. The Balaban J connectivity index is 1.57. The summed E-state index contributed by atoms with van der Waals surface area (Å²) in [6.45, 7) is 6.81. The molecule has 3 aromatic heterocycles. The number of nitrogens with one attached hydrogen (secondary N) is 2. The molecule has 182 valence electrons. The van der Waals surface area contributed by atoms with Gasteiger partial charge in [-0.15, -0.1) is 0 Å². The molecule has 1 aliphatic heterocycles. The highest BCUT2D eigenvalue weighted by atomic mass is 19.1. The first-order valence-electron chi connectivity index (χ1n) is 11.5. The van der Waals surface area contributed by atoms with Crippen LogP contribution in [0.25, 0.3) is 5.65 Å². The number of halogens is 2. The van der Waals surface area contributed by atoms with Crippen LogP contribution in [0.2, 0.25) is 0 Å². The maximum Gasteiger partial charge on any atom is 0.274 e. The van der Waals surface area contributed by atoms with Crippen molar-refractivity contribution < 1.29 is 18.3 Å². The molecule has 4 heterocycles. The Morgan fingerprint density at radius 2 is 1.86 bits per heavy atom. The molecule has 1 amide bonds. The number of fused-ring (bicyclic) bond motifs is 1. The van der Waals surface area contributed by atoms with Gasteiger partial charge in [-0.1, -0.05) is 6.07 Å². The molecule has 8 nitrogen and oxygen atoms in total. The van der Waals surface area contributed by atoms with E-state index in [0.29, 0.717) is 34.2 Å². The molecule has 4 aromatic rings. The van der Waals surface area contributed by atoms with E-state index in [2.05, 4.69) is 25.4 Å². The number of pyridine rings is 1. The number of hydrogen-bond acceptors (Lipinski definition) is 5. The summed E-state index contributed by atoms with van der Waals surface area (Å²) in [5, 5.41) is 9.92. The van der Waals surface area contributed by atoms with Crippen LogP contribution in [0.15, 0.2) is 30.5 Å². The minimum absolute atomic E-state index is 0.163. The van der Waals surface area contributed by atoms with Gasteiger partial charge in [0.2, 0.25) is 0 Å². The molecule has 0 saturated carbocycles. The van der Waals surface area contributed by atoms with E-state index in [4.69, 9.17) is 4.74 Å². The molecule has 0 spiro atoms. The van der Waals surface area contributed by atoms with Gasteiger partial charge in [-0.3, -0.25) is 14.3 Å². The number of aromatic amines is 1. The second-order valence-electron chi connectivity index (χ2n) is 8.75. The predicted molar refractivity (Wildman–Crippen MR) is 128 cm³/mol. The number of imidazole rings is 1. The minimum Gasteiger partial charge on any atom is -0.485 e. The molecule has 2 N–H and O–H groups in total. The Morgan fingerprint density at radius 3 is 2.51 bits per heavy atom. The zero-order chi connectivity index (χ0) is 24.7. The van der Waals surface area contributed by atoms with E-state index in [-0.39, 0.29) is 18.1 Å². The number of aromatic nitrogens is 4. The van der Waals surface area contributed by atoms with E-state index in [9.17, 15) is 13.6 Å². The Morgan fingerprint density at radius 1 is 1.14 bits per heavy atom. The topological polar surface area (TPSA) is 87.5 Å². The molecule has 5 rings (SSSR count). The Kier molecular flexibility index (Phi) is 5.88. The average molecular weight is 481 g/mol. The number of nitrogens with zero attached hydrogens (tertiary/aromatic N) is 4. The van der Waals surface area contributed by atoms with E-state index in [0.717, 1.165) is 37.3 Å². The fraction of sp³-hybridized carbons (Fsp3) is 0.320. The van der Waals surface area contributed by atoms with Crippen molar-refractivity contribution in [1.82, 2.24) is 19.6 Å². The van der Waals surface area contributed by atoms with E-state index in [1.165, 1.54) is 18.2 Å². The fourth-order valence-corrected chi connectivity index (χ4v) is 4.47. The van der Waals surface area contributed by atoms with Crippen LogP contribution in [0.3, 0.4) is 0 Å². The number of ether oxygens (including phenoxy) is 1. The molecule has 0 aliphatic carbocycles. The molecule has 1 aromatic carbocycles. The summed E-state index contributed by atoms with van der Waals surface area (Å²) >= 11 is 0. The van der Waals surface area contributed by atoms with Gasteiger partial charge in [0, 0.05) is 25.4 Å². The third-order valence-electron chi connectivity index (χ3n) is 6.33. The zero-order valence-electron chi connectivity index (χ0n) is 19.8. The zero-order valence-corrected chi connectivity index (χ0v) is 19.8. The quantitative estimate of drug-likeness (QED) is 0.418. The molecule has 1 fully saturated rings. The van der Waals surface area contributed by atoms with Crippen LogP contribution in [-0.4, -0.2) is 38.6 Å². The molecule has 10 heteroatoms. The average Bonchev–Trinajstić information content (AvgIpc) is 3.54. The number of H-pyrrole nitrogens is 1. The van der Waals surface area contributed by atoms with Gasteiger partial charge in [0.1, 0.15) is 23.9 Å². The lowest BCUT2D eigenvalue weighted by Crippen LogP contribution is -2.20. The van der Waals surface area contributed by atoms with E-state index in [1.54, 1.807) is 18.2 Å². The summed E-state index contributed by atoms with van der Waals surface area (Å²) in [5.41, 5.74) is 3.97. The summed E-state index contributed by atoms with van der Waals surface area (Å²) in [4.78, 5) is 20.1. The number of anilines is 2. The molecular weight excluding hydrogens is 454 g/mol. The van der Waals surface area contributed by atoms with Crippen LogP contribution >= 0.6 is 0 Å². The van der Waals surface area contributed by atoms with Gasteiger partial charge in [0.15, 0.2) is 11.4 Å². The molecule has 0 atom stereocenters. The monoisotopic (exact) mass is 480 g/mol. The van der Waals surface area contributed by atoms with Crippen molar-refractivity contribution in [3.8, 4) is 5.75 Å². The standard InChI is InChI=1S/C25H26F2N6O2/c1-14-22(15(2)31-30-14)29-25(34)23-16(3)28-24-21(35-13-18-19(26)7-6-8-20(18)27)11-17(12-33(23)24)32-9-4-5-10-32/h6-8,11-12H,4-5,9-10,13H2,1-3H3,(H,29,34)(H,30,31). The summed E-state index contributed by atoms with van der Waals surface area (Å²) in [7, 11) is 0. The highest BCUT2D eigenvalue weighted by molar-refractivity contribution is 6.05. The van der Waals surface area contributed by atoms with Gasteiger partial charge in [-0.2, -0.15) is 5.10 Å². The minimum atomic E-state index is -0.679. The maximum atomic E-state index is 14.2.